The van der Waals surface area contributed by atoms with Gasteiger partial charge in [0.2, 0.25) is 0 Å². The molecule has 0 spiro atoms. The smallest absolute Gasteiger partial charge is 0.361 e. The molecule has 2 heterocycles. The zero-order chi connectivity index (χ0) is 38.7. The molecule has 0 radical (unpaired) electrons. The first kappa shape index (κ1) is 36.1. The van der Waals surface area contributed by atoms with Crippen LogP contribution in [0, 0.1) is 5.92 Å². The van der Waals surface area contributed by atoms with E-state index in [0.717, 1.165) is 86.2 Å². The molecule has 6 aromatic rings. The molecule has 1 saturated carbocycles. The van der Waals surface area contributed by atoms with Gasteiger partial charge < -0.3 is 4.74 Å². The van der Waals surface area contributed by atoms with Gasteiger partial charge in [0.05, 0.1) is 22.8 Å². The zero-order valence-corrected chi connectivity index (χ0v) is 33.1. The van der Waals surface area contributed by atoms with Crippen molar-refractivity contribution in [1.29, 1.82) is 0 Å². The Labute approximate surface area is 343 Å². The molecule has 3 aliphatic carbocycles. The van der Waals surface area contributed by atoms with Gasteiger partial charge in [-0.25, -0.2) is 4.42 Å². The Morgan fingerprint density at radius 1 is 0.534 bits per heavy atom. The van der Waals surface area contributed by atoms with Gasteiger partial charge in [0.1, 0.15) is 11.9 Å². The van der Waals surface area contributed by atoms with E-state index in [-0.39, 0.29) is 12.0 Å². The largest absolute Gasteiger partial charge is 0.485 e. The fraction of sp³-hybridized carbons (Fsp3) is 0.196. The third kappa shape index (κ3) is 7.24. The molecule has 0 N–H and O–H groups in total. The third-order valence-electron chi connectivity index (χ3n) is 12.5. The molecule has 0 amide bonds. The summed E-state index contributed by atoms with van der Waals surface area (Å²) in [6.45, 7) is 0. The van der Waals surface area contributed by atoms with Crippen molar-refractivity contribution in [2.45, 2.75) is 63.9 Å². The predicted octanol–water partition coefficient (Wildman–Crippen LogP) is 14.9. The second-order valence-electron chi connectivity index (χ2n) is 16.2. The Hall–Kier alpha value is -6.25. The molecule has 0 saturated heterocycles. The van der Waals surface area contributed by atoms with Gasteiger partial charge in [-0.2, -0.15) is 0 Å². The molecular formula is C56H49O2+. The first-order chi connectivity index (χ1) is 28.8. The molecule has 284 valence electrons. The van der Waals surface area contributed by atoms with Crippen molar-refractivity contribution >= 4 is 22.5 Å². The first-order valence-electron chi connectivity index (χ1n) is 21.3. The number of hydrogen-bond acceptors (Lipinski definition) is 1. The van der Waals surface area contributed by atoms with Crippen molar-refractivity contribution in [2.75, 3.05) is 0 Å². The highest BCUT2D eigenvalue weighted by atomic mass is 16.5. The van der Waals surface area contributed by atoms with E-state index in [1.807, 2.05) is 0 Å². The number of ether oxygens (including phenoxy) is 1. The quantitative estimate of drug-likeness (QED) is 0.151. The van der Waals surface area contributed by atoms with E-state index in [1.54, 1.807) is 0 Å². The van der Waals surface area contributed by atoms with Crippen LogP contribution in [0.4, 0.5) is 0 Å². The molecule has 10 rings (SSSR count). The molecule has 4 aliphatic rings. The summed E-state index contributed by atoms with van der Waals surface area (Å²) in [6, 6.07) is 56.4. The molecule has 1 aromatic heterocycles. The van der Waals surface area contributed by atoms with Gasteiger partial charge in [0, 0.05) is 17.0 Å². The Morgan fingerprint density at radius 2 is 1.12 bits per heavy atom. The molecule has 5 aromatic carbocycles. The lowest BCUT2D eigenvalue weighted by Crippen LogP contribution is -2.31. The Kier molecular flexibility index (Phi) is 10.2. The van der Waals surface area contributed by atoms with Crippen molar-refractivity contribution in [3.8, 4) is 22.5 Å². The van der Waals surface area contributed by atoms with Crippen LogP contribution < -0.4 is 0 Å². The number of fused-ring (bicyclic) bond motifs is 2. The summed E-state index contributed by atoms with van der Waals surface area (Å²) < 4.78 is 14.1. The second-order valence-corrected chi connectivity index (χ2v) is 16.2. The van der Waals surface area contributed by atoms with E-state index >= 15 is 0 Å². The summed E-state index contributed by atoms with van der Waals surface area (Å²) in [5, 5.41) is 0. The minimum Gasteiger partial charge on any atom is -0.485 e. The lowest BCUT2D eigenvalue weighted by molar-refractivity contribution is 0.131. The third-order valence-corrected chi connectivity index (χ3v) is 12.5. The number of hydrogen-bond donors (Lipinski definition) is 0. The monoisotopic (exact) mass is 753 g/mol. The van der Waals surface area contributed by atoms with E-state index in [4.69, 9.17) is 9.15 Å². The summed E-state index contributed by atoms with van der Waals surface area (Å²) >= 11 is 0. The van der Waals surface area contributed by atoms with Crippen LogP contribution in [0.15, 0.2) is 197 Å². The van der Waals surface area contributed by atoms with Crippen molar-refractivity contribution in [1.82, 2.24) is 0 Å². The van der Waals surface area contributed by atoms with Gasteiger partial charge in [-0.1, -0.05) is 146 Å². The lowest BCUT2D eigenvalue weighted by Gasteiger charge is -2.38. The Bertz CT molecular complexity index is 2580. The normalized spacial score (nSPS) is 20.7. The fourth-order valence-electron chi connectivity index (χ4n) is 9.79. The zero-order valence-electron chi connectivity index (χ0n) is 33.1. The molecule has 2 atom stereocenters. The SMILES string of the molecule is C(=C1CCCC(C=C2CCCc3c(-c4ccccc4)cc(-c4ccccc4)[o+]c32)=C1c1ccccc1)C1CCCC2=C(c3ccccc3)C=C(c3ccccc3)OC21. The van der Waals surface area contributed by atoms with Gasteiger partial charge in [-0.15, -0.1) is 0 Å². The number of rotatable bonds is 7. The number of allylic oxidation sites excluding steroid dienone is 7. The highest BCUT2D eigenvalue weighted by Gasteiger charge is 2.37. The van der Waals surface area contributed by atoms with E-state index in [1.165, 1.54) is 61.3 Å². The van der Waals surface area contributed by atoms with Crippen molar-refractivity contribution in [2.24, 2.45) is 5.92 Å². The summed E-state index contributed by atoms with van der Waals surface area (Å²) in [5.41, 5.74) is 17.0. The Morgan fingerprint density at radius 3 is 1.81 bits per heavy atom. The predicted molar refractivity (Wildman–Crippen MR) is 240 cm³/mol. The lowest BCUT2D eigenvalue weighted by atomic mass is 9.74. The Balaban J connectivity index is 1.10. The van der Waals surface area contributed by atoms with Gasteiger partial charge in [0.25, 0.3) is 0 Å². The van der Waals surface area contributed by atoms with Gasteiger partial charge >= 0.3 is 11.5 Å². The second kappa shape index (κ2) is 16.3. The topological polar surface area (TPSA) is 20.5 Å². The minimum atomic E-state index is -0.00532. The average Bonchev–Trinajstić information content (AvgIpc) is 3.30. The maximum absolute atomic E-state index is 7.12. The standard InChI is InChI=1S/C56H49O2/c1-6-19-39(20-7-1)50-37-52(41-23-10-3-11-24-41)57-55-46(31-17-33-48(50)55)35-44-29-16-30-45(54(44)43-27-14-5-15-28-43)36-47-32-18-34-49-51(40-21-8-2-9-22-40)38-53(58-56(47)49)42-25-12-4-13-26-42/h1-15,19-28,35-38,46,55H,16-18,29-34H2/q+1. The maximum atomic E-state index is 7.12. The van der Waals surface area contributed by atoms with E-state index < -0.39 is 0 Å². The van der Waals surface area contributed by atoms with Crippen molar-refractivity contribution in [3.05, 3.63) is 221 Å². The highest BCUT2D eigenvalue weighted by molar-refractivity contribution is 5.88. The average molecular weight is 754 g/mol. The van der Waals surface area contributed by atoms with Crippen LogP contribution in [-0.2, 0) is 11.2 Å². The highest BCUT2D eigenvalue weighted by Crippen LogP contribution is 2.47. The molecule has 2 heteroatoms. The van der Waals surface area contributed by atoms with Crippen LogP contribution >= 0.6 is 0 Å². The van der Waals surface area contributed by atoms with Crippen LogP contribution in [0.5, 0.6) is 0 Å². The van der Waals surface area contributed by atoms with E-state index in [9.17, 15) is 0 Å². The minimum absolute atomic E-state index is 0.00532. The molecule has 58 heavy (non-hydrogen) atoms. The summed E-state index contributed by atoms with van der Waals surface area (Å²) in [7, 11) is 0. The van der Waals surface area contributed by atoms with E-state index in [0.29, 0.717) is 0 Å². The van der Waals surface area contributed by atoms with E-state index in [2.05, 4.69) is 176 Å². The molecule has 1 fully saturated rings. The number of benzene rings is 5. The van der Waals surface area contributed by atoms with Crippen molar-refractivity contribution < 1.29 is 9.15 Å². The van der Waals surface area contributed by atoms with Gasteiger partial charge in [-0.3, -0.25) is 0 Å². The fourth-order valence-corrected chi connectivity index (χ4v) is 9.79. The molecule has 2 nitrogen and oxygen atoms in total. The molecule has 1 aliphatic heterocycles. The van der Waals surface area contributed by atoms with Crippen molar-refractivity contribution in [3.63, 3.8) is 0 Å². The molecule has 2 unspecified atom stereocenters. The summed E-state index contributed by atoms with van der Waals surface area (Å²) in [6.07, 6.45) is 17.1. The molecule has 0 bridgehead atoms. The van der Waals surface area contributed by atoms with Gasteiger partial charge in [0.15, 0.2) is 0 Å². The van der Waals surface area contributed by atoms with Crippen LogP contribution in [0.3, 0.4) is 0 Å². The maximum Gasteiger partial charge on any atom is 0.361 e. The molecular weight excluding hydrogens is 705 g/mol. The van der Waals surface area contributed by atoms with Crippen LogP contribution in [0.25, 0.3) is 44.9 Å². The van der Waals surface area contributed by atoms with Gasteiger partial charge in [-0.05, 0) is 127 Å². The van der Waals surface area contributed by atoms with Crippen LogP contribution in [-0.4, -0.2) is 6.10 Å². The van der Waals surface area contributed by atoms with Crippen LogP contribution in [0.2, 0.25) is 0 Å². The summed E-state index contributed by atoms with van der Waals surface area (Å²) in [4.78, 5) is 0. The summed E-state index contributed by atoms with van der Waals surface area (Å²) in [5.74, 6) is 3.20. The van der Waals surface area contributed by atoms with Crippen LogP contribution in [0.1, 0.15) is 79.4 Å². The first-order valence-corrected chi connectivity index (χ1v) is 21.3.